The van der Waals surface area contributed by atoms with E-state index in [-0.39, 0.29) is 24.0 Å². The maximum Gasteiger partial charge on any atom is 0.225 e. The molecular weight excluding hydrogens is 256 g/mol. The number of aromatic nitrogens is 1. The molecule has 0 aliphatic heterocycles. The van der Waals surface area contributed by atoms with Crippen LogP contribution in [0, 0.1) is 12.3 Å². The molecule has 0 unspecified atom stereocenters. The second kappa shape index (κ2) is 6.11. The molecule has 2 N–H and O–H groups in total. The standard InChI is InChI=1S/C15H24N2O3/c1-9(2)20-13-11(12(18)7-10(3)17-13)8-16-14(19)15(4,5)6/h7,9H,8H2,1-6H3,(H,16,19)(H,17,18). The number of carbonyl (C=O) groups is 1. The first-order valence-corrected chi connectivity index (χ1v) is 6.79. The van der Waals surface area contributed by atoms with Gasteiger partial charge in [0.25, 0.3) is 0 Å². The number of nitrogens with one attached hydrogen (secondary N) is 2. The molecule has 20 heavy (non-hydrogen) atoms. The van der Waals surface area contributed by atoms with Crippen LogP contribution in [0.15, 0.2) is 10.9 Å². The lowest BCUT2D eigenvalue weighted by atomic mass is 9.95. The number of ether oxygens (including phenoxy) is 1. The summed E-state index contributed by atoms with van der Waals surface area (Å²) < 4.78 is 5.62. The summed E-state index contributed by atoms with van der Waals surface area (Å²) >= 11 is 0. The molecule has 0 atom stereocenters. The lowest BCUT2D eigenvalue weighted by molar-refractivity contribution is -0.128. The van der Waals surface area contributed by atoms with Gasteiger partial charge in [0, 0.05) is 17.2 Å². The Hall–Kier alpha value is -1.78. The summed E-state index contributed by atoms with van der Waals surface area (Å²) in [6.07, 6.45) is -0.0514. The van der Waals surface area contributed by atoms with Crippen molar-refractivity contribution < 1.29 is 9.53 Å². The molecule has 0 saturated heterocycles. The number of amides is 1. The van der Waals surface area contributed by atoms with Crippen LogP contribution in [-0.2, 0) is 11.3 Å². The van der Waals surface area contributed by atoms with E-state index < -0.39 is 5.41 Å². The van der Waals surface area contributed by atoms with Crippen molar-refractivity contribution in [3.05, 3.63) is 27.5 Å². The predicted molar refractivity (Wildman–Crippen MR) is 78.9 cm³/mol. The van der Waals surface area contributed by atoms with Crippen molar-refractivity contribution in [3.63, 3.8) is 0 Å². The van der Waals surface area contributed by atoms with E-state index in [0.29, 0.717) is 11.4 Å². The zero-order valence-corrected chi connectivity index (χ0v) is 13.1. The van der Waals surface area contributed by atoms with Crippen LogP contribution in [0.4, 0.5) is 0 Å². The van der Waals surface area contributed by atoms with Gasteiger partial charge < -0.3 is 15.0 Å². The molecule has 112 valence electrons. The normalized spacial score (nSPS) is 11.6. The van der Waals surface area contributed by atoms with Crippen LogP contribution in [0.1, 0.15) is 45.9 Å². The van der Waals surface area contributed by atoms with Gasteiger partial charge in [0.15, 0.2) is 11.3 Å². The third kappa shape index (κ3) is 4.40. The number of hydrogen-bond acceptors (Lipinski definition) is 3. The fraction of sp³-hybridized carbons (Fsp3) is 0.600. The minimum atomic E-state index is -0.490. The third-order valence-electron chi connectivity index (χ3n) is 2.69. The Morgan fingerprint density at radius 2 is 2.00 bits per heavy atom. The minimum Gasteiger partial charge on any atom is -0.476 e. The molecule has 0 aliphatic rings. The fourth-order valence-electron chi connectivity index (χ4n) is 1.62. The lowest BCUT2D eigenvalue weighted by Gasteiger charge is -2.19. The molecule has 1 aromatic rings. The van der Waals surface area contributed by atoms with Crippen LogP contribution in [0.25, 0.3) is 0 Å². The topological polar surface area (TPSA) is 71.2 Å². The van der Waals surface area contributed by atoms with E-state index in [0.717, 1.165) is 5.69 Å². The molecule has 0 fully saturated rings. The van der Waals surface area contributed by atoms with Gasteiger partial charge in [-0.15, -0.1) is 0 Å². The summed E-state index contributed by atoms with van der Waals surface area (Å²) in [7, 11) is 0. The van der Waals surface area contributed by atoms with E-state index >= 15 is 0 Å². The molecule has 0 bridgehead atoms. The third-order valence-corrected chi connectivity index (χ3v) is 2.69. The number of H-pyrrole nitrogens is 1. The molecule has 0 spiro atoms. The summed E-state index contributed by atoms with van der Waals surface area (Å²) in [6, 6.07) is 1.51. The zero-order chi connectivity index (χ0) is 15.5. The Labute approximate surface area is 119 Å². The SMILES string of the molecule is Cc1cc(=O)c(CNC(=O)C(C)(C)C)c(OC(C)C)[nH]1. The Morgan fingerprint density at radius 3 is 2.50 bits per heavy atom. The first kappa shape index (κ1) is 16.3. The monoisotopic (exact) mass is 280 g/mol. The molecule has 5 nitrogen and oxygen atoms in total. The van der Waals surface area contributed by atoms with Gasteiger partial charge in [0.05, 0.1) is 18.2 Å². The molecular formula is C15H24N2O3. The van der Waals surface area contributed by atoms with Crippen LogP contribution in [0.5, 0.6) is 5.88 Å². The number of pyridine rings is 1. The second-order valence-corrected chi connectivity index (χ2v) is 6.22. The number of aromatic amines is 1. The van der Waals surface area contributed by atoms with Gasteiger partial charge in [-0.05, 0) is 20.8 Å². The van der Waals surface area contributed by atoms with Gasteiger partial charge in [-0.2, -0.15) is 0 Å². The molecule has 1 aromatic heterocycles. The van der Waals surface area contributed by atoms with Gasteiger partial charge >= 0.3 is 0 Å². The van der Waals surface area contributed by atoms with Crippen molar-refractivity contribution in [2.45, 2.75) is 54.2 Å². The van der Waals surface area contributed by atoms with Crippen molar-refractivity contribution in [1.29, 1.82) is 0 Å². The number of hydrogen-bond donors (Lipinski definition) is 2. The lowest BCUT2D eigenvalue weighted by Crippen LogP contribution is -2.35. The first-order valence-electron chi connectivity index (χ1n) is 6.79. The first-order chi connectivity index (χ1) is 9.11. The average Bonchev–Trinajstić information content (AvgIpc) is 2.24. The fourth-order valence-corrected chi connectivity index (χ4v) is 1.62. The van der Waals surface area contributed by atoms with Crippen molar-refractivity contribution in [2.75, 3.05) is 0 Å². The Kier molecular flexibility index (Phi) is 4.98. The number of aryl methyl sites for hydroxylation is 1. The van der Waals surface area contributed by atoms with Gasteiger partial charge in [-0.1, -0.05) is 20.8 Å². The van der Waals surface area contributed by atoms with Crippen LogP contribution in [-0.4, -0.2) is 17.0 Å². The molecule has 1 amide bonds. The van der Waals surface area contributed by atoms with Crippen molar-refractivity contribution >= 4 is 5.91 Å². The van der Waals surface area contributed by atoms with Crippen LogP contribution < -0.4 is 15.5 Å². The maximum absolute atomic E-state index is 12.1. The largest absolute Gasteiger partial charge is 0.476 e. The molecule has 1 rings (SSSR count). The highest BCUT2D eigenvalue weighted by Gasteiger charge is 2.22. The van der Waals surface area contributed by atoms with Crippen LogP contribution >= 0.6 is 0 Å². The van der Waals surface area contributed by atoms with Crippen molar-refractivity contribution in [2.24, 2.45) is 5.41 Å². The Morgan fingerprint density at radius 1 is 1.40 bits per heavy atom. The quantitative estimate of drug-likeness (QED) is 0.887. The van der Waals surface area contributed by atoms with Crippen molar-refractivity contribution in [3.8, 4) is 5.88 Å². The number of carbonyl (C=O) groups excluding carboxylic acids is 1. The molecule has 0 aromatic carbocycles. The molecule has 0 aliphatic carbocycles. The summed E-state index contributed by atoms with van der Waals surface area (Å²) in [5.74, 6) is 0.326. The zero-order valence-electron chi connectivity index (χ0n) is 13.1. The smallest absolute Gasteiger partial charge is 0.225 e. The van der Waals surface area contributed by atoms with Gasteiger partial charge in [0.1, 0.15) is 0 Å². The van der Waals surface area contributed by atoms with Crippen molar-refractivity contribution in [1.82, 2.24) is 10.3 Å². The molecule has 5 heteroatoms. The molecule has 1 heterocycles. The van der Waals surface area contributed by atoms with E-state index in [1.807, 2.05) is 34.6 Å². The van der Waals surface area contributed by atoms with E-state index in [1.165, 1.54) is 6.07 Å². The van der Waals surface area contributed by atoms with Gasteiger partial charge in [0.2, 0.25) is 5.91 Å². The minimum absolute atomic E-state index is 0.0514. The highest BCUT2D eigenvalue weighted by atomic mass is 16.5. The summed E-state index contributed by atoms with van der Waals surface area (Å²) in [6.45, 7) is 11.2. The summed E-state index contributed by atoms with van der Waals surface area (Å²) in [5.41, 5.74) is 0.556. The van der Waals surface area contributed by atoms with Gasteiger partial charge in [-0.3, -0.25) is 9.59 Å². The van der Waals surface area contributed by atoms with E-state index in [1.54, 1.807) is 6.92 Å². The highest BCUT2D eigenvalue weighted by molar-refractivity contribution is 5.81. The van der Waals surface area contributed by atoms with E-state index in [2.05, 4.69) is 10.3 Å². The molecule has 0 radical (unpaired) electrons. The van der Waals surface area contributed by atoms with E-state index in [9.17, 15) is 9.59 Å². The average molecular weight is 280 g/mol. The van der Waals surface area contributed by atoms with Crippen LogP contribution in [0.2, 0.25) is 0 Å². The van der Waals surface area contributed by atoms with E-state index in [4.69, 9.17) is 4.74 Å². The van der Waals surface area contributed by atoms with Gasteiger partial charge in [-0.25, -0.2) is 0 Å². The highest BCUT2D eigenvalue weighted by Crippen LogP contribution is 2.16. The Bertz CT molecular complexity index is 539. The maximum atomic E-state index is 12.1. The molecule has 0 saturated carbocycles. The number of rotatable bonds is 4. The second-order valence-electron chi connectivity index (χ2n) is 6.22. The Balaban J connectivity index is 2.99. The summed E-state index contributed by atoms with van der Waals surface area (Å²) in [5, 5.41) is 2.77. The summed E-state index contributed by atoms with van der Waals surface area (Å²) in [4.78, 5) is 27.0. The van der Waals surface area contributed by atoms with Crippen LogP contribution in [0.3, 0.4) is 0 Å². The predicted octanol–water partition coefficient (Wildman–Crippen LogP) is 2.13.